The van der Waals surface area contributed by atoms with Gasteiger partial charge in [-0.2, -0.15) is 0 Å². The first-order valence-corrected chi connectivity index (χ1v) is 14.6. The van der Waals surface area contributed by atoms with Crippen molar-refractivity contribution in [2.45, 2.75) is 59.5 Å². The van der Waals surface area contributed by atoms with Gasteiger partial charge >= 0.3 is 0 Å². The summed E-state index contributed by atoms with van der Waals surface area (Å²) in [4.78, 5) is 28.1. The van der Waals surface area contributed by atoms with E-state index in [0.29, 0.717) is 43.3 Å². The lowest BCUT2D eigenvalue weighted by Crippen LogP contribution is -2.49. The van der Waals surface area contributed by atoms with Gasteiger partial charge in [-0.3, -0.25) is 13.9 Å². The third-order valence-corrected chi connectivity index (χ3v) is 7.23. The van der Waals surface area contributed by atoms with Crippen LogP contribution in [0.5, 0.6) is 5.75 Å². The van der Waals surface area contributed by atoms with Crippen molar-refractivity contribution in [3.8, 4) is 5.75 Å². The number of nitrogens with zero attached hydrogens (tertiary/aromatic N) is 2. The lowest BCUT2D eigenvalue weighted by molar-refractivity contribution is -0.141. The molecular weight excluding hydrogens is 490 g/mol. The van der Waals surface area contributed by atoms with E-state index < -0.39 is 16.1 Å². The summed E-state index contributed by atoms with van der Waals surface area (Å²) < 4.78 is 31.5. The third-order valence-electron chi connectivity index (χ3n) is 6.04. The number of nitrogens with one attached hydrogen (secondary N) is 1. The van der Waals surface area contributed by atoms with Crippen molar-refractivity contribution in [2.24, 2.45) is 5.92 Å². The van der Waals surface area contributed by atoms with Crippen molar-refractivity contribution in [3.63, 3.8) is 0 Å². The van der Waals surface area contributed by atoms with E-state index in [-0.39, 0.29) is 24.8 Å². The number of hydrogen-bond donors (Lipinski definition) is 1. The van der Waals surface area contributed by atoms with E-state index in [0.717, 1.165) is 17.4 Å². The Morgan fingerprint density at radius 1 is 1.08 bits per heavy atom. The number of anilines is 1. The quantitative estimate of drug-likeness (QED) is 0.396. The molecular formula is C28H41N3O5S. The van der Waals surface area contributed by atoms with Gasteiger partial charge < -0.3 is 15.0 Å². The van der Waals surface area contributed by atoms with Crippen LogP contribution in [-0.2, 0) is 26.2 Å². The van der Waals surface area contributed by atoms with Crippen LogP contribution in [0.15, 0.2) is 48.5 Å². The highest BCUT2D eigenvalue weighted by molar-refractivity contribution is 7.92. The molecule has 2 aromatic rings. The van der Waals surface area contributed by atoms with Crippen molar-refractivity contribution >= 4 is 27.5 Å². The van der Waals surface area contributed by atoms with Gasteiger partial charge in [0.2, 0.25) is 21.8 Å². The molecule has 2 aromatic carbocycles. The fourth-order valence-electron chi connectivity index (χ4n) is 4.00. The largest absolute Gasteiger partial charge is 0.497 e. The number of aryl methyl sites for hydroxylation is 1. The smallest absolute Gasteiger partial charge is 0.242 e. The Hall–Kier alpha value is -3.07. The van der Waals surface area contributed by atoms with E-state index in [1.165, 1.54) is 11.4 Å². The minimum absolute atomic E-state index is 0.107. The molecule has 0 fully saturated rings. The number of sulfonamides is 1. The first kappa shape index (κ1) is 30.2. The van der Waals surface area contributed by atoms with E-state index >= 15 is 0 Å². The highest BCUT2D eigenvalue weighted by Gasteiger charge is 2.29. The number of carbonyl (C=O) groups is 2. The number of benzene rings is 2. The molecule has 1 atom stereocenters. The van der Waals surface area contributed by atoms with Crippen molar-refractivity contribution in [3.05, 3.63) is 59.7 Å². The van der Waals surface area contributed by atoms with Crippen molar-refractivity contribution in [1.82, 2.24) is 10.2 Å². The molecule has 37 heavy (non-hydrogen) atoms. The molecule has 2 amide bonds. The lowest BCUT2D eigenvalue weighted by atomic mass is 10.1. The van der Waals surface area contributed by atoms with Crippen molar-refractivity contribution < 1.29 is 22.7 Å². The molecule has 8 nitrogen and oxygen atoms in total. The van der Waals surface area contributed by atoms with Gasteiger partial charge in [0.05, 0.1) is 19.1 Å². The van der Waals surface area contributed by atoms with Gasteiger partial charge in [0, 0.05) is 32.1 Å². The zero-order chi connectivity index (χ0) is 27.6. The Balaban J connectivity index is 2.21. The average molecular weight is 532 g/mol. The number of hydrogen-bond acceptors (Lipinski definition) is 5. The van der Waals surface area contributed by atoms with Gasteiger partial charge in [-0.1, -0.05) is 56.7 Å². The minimum atomic E-state index is -3.57. The van der Waals surface area contributed by atoms with Crippen LogP contribution in [0.1, 0.15) is 51.2 Å². The molecule has 0 bridgehead atoms. The van der Waals surface area contributed by atoms with Crippen molar-refractivity contribution in [2.75, 3.05) is 30.8 Å². The van der Waals surface area contributed by atoms with Gasteiger partial charge in [0.15, 0.2) is 0 Å². The predicted molar refractivity (Wildman–Crippen MR) is 148 cm³/mol. The second kappa shape index (κ2) is 14.0. The summed E-state index contributed by atoms with van der Waals surface area (Å²) >= 11 is 0. The summed E-state index contributed by atoms with van der Waals surface area (Å²) in [6.07, 6.45) is 2.03. The van der Waals surface area contributed by atoms with Crippen LogP contribution in [0, 0.1) is 12.8 Å². The molecule has 0 spiro atoms. The maximum absolute atomic E-state index is 13.5. The molecule has 0 saturated heterocycles. The Kier molecular flexibility index (Phi) is 11.4. The monoisotopic (exact) mass is 531 g/mol. The van der Waals surface area contributed by atoms with Crippen LogP contribution < -0.4 is 14.4 Å². The highest BCUT2D eigenvalue weighted by atomic mass is 32.2. The molecule has 2 rings (SSSR count). The van der Waals surface area contributed by atoms with Gasteiger partial charge in [-0.05, 0) is 43.4 Å². The Morgan fingerprint density at radius 2 is 1.76 bits per heavy atom. The zero-order valence-corrected chi connectivity index (χ0v) is 23.7. The summed E-state index contributed by atoms with van der Waals surface area (Å²) in [5, 5.41) is 2.96. The molecule has 0 heterocycles. The fourth-order valence-corrected chi connectivity index (χ4v) is 4.96. The molecule has 0 aliphatic heterocycles. The van der Waals surface area contributed by atoms with Crippen LogP contribution in [0.4, 0.5) is 5.69 Å². The van der Waals surface area contributed by atoms with Gasteiger partial charge in [0.1, 0.15) is 11.8 Å². The van der Waals surface area contributed by atoms with Crippen LogP contribution in [0.3, 0.4) is 0 Å². The summed E-state index contributed by atoms with van der Waals surface area (Å²) in [5.41, 5.74) is 2.52. The van der Waals surface area contributed by atoms with Crippen LogP contribution in [0.25, 0.3) is 0 Å². The van der Waals surface area contributed by atoms with E-state index in [1.807, 2.05) is 52.0 Å². The van der Waals surface area contributed by atoms with Crippen LogP contribution >= 0.6 is 0 Å². The second-order valence-corrected chi connectivity index (χ2v) is 11.6. The number of amides is 2. The second-order valence-electron chi connectivity index (χ2n) is 9.71. The topological polar surface area (TPSA) is 96.0 Å². The normalized spacial score (nSPS) is 12.2. The summed E-state index contributed by atoms with van der Waals surface area (Å²) in [6.45, 7) is 8.90. The average Bonchev–Trinajstić information content (AvgIpc) is 2.85. The van der Waals surface area contributed by atoms with Gasteiger partial charge in [-0.25, -0.2) is 8.42 Å². The molecule has 0 aliphatic rings. The maximum atomic E-state index is 13.5. The SMILES string of the molecule is CC[C@@H](C(=O)NCC(C)C)N(Cc1ccc(C)cc1)C(=O)CCCN(c1cccc(OC)c1)S(C)(=O)=O. The third kappa shape index (κ3) is 9.39. The Bertz CT molecular complexity index is 1130. The van der Waals surface area contributed by atoms with E-state index in [9.17, 15) is 18.0 Å². The fraction of sp³-hybridized carbons (Fsp3) is 0.500. The summed E-state index contributed by atoms with van der Waals surface area (Å²) in [5.74, 6) is 0.475. The standard InChI is InChI=1S/C28H41N3O5S/c1-7-26(28(33)29-19-21(2)3)30(20-23-15-13-22(4)14-16-23)27(32)12-9-17-31(37(6,34)35)24-10-8-11-25(18-24)36-5/h8,10-11,13-16,18,21,26H,7,9,12,17,19-20H2,1-6H3,(H,29,33)/t26-/m0/s1. The summed E-state index contributed by atoms with van der Waals surface area (Å²) in [7, 11) is -2.05. The number of methoxy groups -OCH3 is 1. The number of ether oxygens (including phenoxy) is 1. The number of carbonyl (C=O) groups excluding carboxylic acids is 2. The predicted octanol–water partition coefficient (Wildman–Crippen LogP) is 4.13. The summed E-state index contributed by atoms with van der Waals surface area (Å²) in [6, 6.07) is 14.1. The Labute approximate surface area is 222 Å². The zero-order valence-electron chi connectivity index (χ0n) is 22.9. The number of rotatable bonds is 14. The molecule has 1 N–H and O–H groups in total. The molecule has 0 aliphatic carbocycles. The Morgan fingerprint density at radius 3 is 2.32 bits per heavy atom. The van der Waals surface area contributed by atoms with E-state index in [2.05, 4.69) is 5.32 Å². The molecule has 0 radical (unpaired) electrons. The molecule has 0 saturated carbocycles. The first-order chi connectivity index (χ1) is 17.5. The van der Waals surface area contributed by atoms with E-state index in [4.69, 9.17) is 4.74 Å². The molecule has 0 aromatic heterocycles. The van der Waals surface area contributed by atoms with E-state index in [1.54, 1.807) is 29.2 Å². The van der Waals surface area contributed by atoms with Gasteiger partial charge in [0.25, 0.3) is 0 Å². The van der Waals surface area contributed by atoms with Crippen LogP contribution in [-0.4, -0.2) is 57.6 Å². The maximum Gasteiger partial charge on any atom is 0.242 e. The minimum Gasteiger partial charge on any atom is -0.497 e. The lowest BCUT2D eigenvalue weighted by Gasteiger charge is -2.31. The molecule has 204 valence electrons. The van der Waals surface area contributed by atoms with Crippen molar-refractivity contribution in [1.29, 1.82) is 0 Å². The highest BCUT2D eigenvalue weighted by Crippen LogP contribution is 2.24. The molecule has 9 heteroatoms. The van der Waals surface area contributed by atoms with Gasteiger partial charge in [-0.15, -0.1) is 0 Å². The van der Waals surface area contributed by atoms with Crippen LogP contribution in [0.2, 0.25) is 0 Å². The first-order valence-electron chi connectivity index (χ1n) is 12.7. The molecule has 0 unspecified atom stereocenters.